The first-order valence-electron chi connectivity index (χ1n) is 7.17. The van der Waals surface area contributed by atoms with Crippen LogP contribution in [0.25, 0.3) is 5.69 Å². The molecule has 0 spiro atoms. The smallest absolute Gasteiger partial charge is 0.214 e. The fraction of sp³-hybridized carbons (Fsp3) is 0.125. The summed E-state index contributed by atoms with van der Waals surface area (Å²) in [6.45, 7) is 0. The number of ketones is 1. The number of tetrazole rings is 1. The third-order valence-corrected chi connectivity index (χ3v) is 4.20. The lowest BCUT2D eigenvalue weighted by Gasteiger charge is -2.05. The summed E-state index contributed by atoms with van der Waals surface area (Å²) >= 11 is 1.34. The average molecular weight is 342 g/mol. The third-order valence-electron chi connectivity index (χ3n) is 3.28. The number of aromatic nitrogens is 4. The van der Waals surface area contributed by atoms with E-state index in [4.69, 9.17) is 0 Å². The Labute approximate surface area is 141 Å². The number of thioether (sulfide) groups is 1. The van der Waals surface area contributed by atoms with Crippen molar-refractivity contribution in [2.24, 2.45) is 0 Å². The van der Waals surface area contributed by atoms with Gasteiger partial charge in [0.2, 0.25) is 5.16 Å². The Morgan fingerprint density at radius 1 is 1.12 bits per heavy atom. The van der Waals surface area contributed by atoms with Gasteiger partial charge in [-0.25, -0.2) is 0 Å². The Kier molecular flexibility index (Phi) is 4.76. The van der Waals surface area contributed by atoms with Gasteiger partial charge in [0.1, 0.15) is 11.5 Å². The van der Waals surface area contributed by atoms with Crippen molar-refractivity contribution in [2.75, 3.05) is 5.75 Å². The molecule has 3 rings (SSSR count). The molecule has 1 heterocycles. The van der Waals surface area contributed by atoms with Crippen molar-refractivity contribution < 1.29 is 15.0 Å². The second kappa shape index (κ2) is 7.14. The molecule has 122 valence electrons. The molecule has 0 bridgehead atoms. The number of para-hydroxylation sites is 1. The highest BCUT2D eigenvalue weighted by atomic mass is 32.2. The lowest BCUT2D eigenvalue weighted by atomic mass is 10.1. The van der Waals surface area contributed by atoms with Crippen LogP contribution in [0.1, 0.15) is 16.8 Å². The standard InChI is InChI=1S/C16H14N4O3S/c21-12-6-7-14(22)13(10-12)15(23)8-9-24-16-17-18-19-20(16)11-4-2-1-3-5-11/h1-7,10,21-22H,8-9H2. The van der Waals surface area contributed by atoms with Crippen LogP contribution < -0.4 is 0 Å². The predicted molar refractivity (Wildman–Crippen MR) is 88.6 cm³/mol. The van der Waals surface area contributed by atoms with E-state index in [2.05, 4.69) is 15.5 Å². The number of phenols is 2. The number of carbonyl (C=O) groups is 1. The molecule has 1 aromatic heterocycles. The minimum Gasteiger partial charge on any atom is -0.508 e. The van der Waals surface area contributed by atoms with Crippen molar-refractivity contribution in [1.82, 2.24) is 20.2 Å². The number of Topliss-reactive ketones (excluding diaryl/α,β-unsaturated/α-hetero) is 1. The van der Waals surface area contributed by atoms with E-state index in [-0.39, 0.29) is 29.3 Å². The second-order valence-corrected chi connectivity index (χ2v) is 5.99. The number of aromatic hydroxyl groups is 2. The molecule has 24 heavy (non-hydrogen) atoms. The van der Waals surface area contributed by atoms with Crippen LogP contribution >= 0.6 is 11.8 Å². The fourth-order valence-electron chi connectivity index (χ4n) is 2.12. The molecule has 0 aliphatic carbocycles. The van der Waals surface area contributed by atoms with Crippen LogP contribution in [0.5, 0.6) is 11.5 Å². The predicted octanol–water partition coefficient (Wildman–Crippen LogP) is 2.44. The number of benzene rings is 2. The van der Waals surface area contributed by atoms with Crippen LogP contribution in [0, 0.1) is 0 Å². The van der Waals surface area contributed by atoms with E-state index in [9.17, 15) is 15.0 Å². The molecule has 7 nitrogen and oxygen atoms in total. The van der Waals surface area contributed by atoms with Crippen molar-refractivity contribution in [3.63, 3.8) is 0 Å². The minimum atomic E-state index is -0.255. The molecule has 8 heteroatoms. The van der Waals surface area contributed by atoms with E-state index >= 15 is 0 Å². The maximum absolute atomic E-state index is 12.2. The normalized spacial score (nSPS) is 10.7. The topological polar surface area (TPSA) is 101 Å². The lowest BCUT2D eigenvalue weighted by Crippen LogP contribution is -2.03. The molecule has 0 aliphatic rings. The van der Waals surface area contributed by atoms with Gasteiger partial charge in [0.15, 0.2) is 5.78 Å². The summed E-state index contributed by atoms with van der Waals surface area (Å²) in [5, 5.41) is 31.3. The van der Waals surface area contributed by atoms with E-state index in [1.54, 1.807) is 4.68 Å². The fourth-order valence-corrected chi connectivity index (χ4v) is 2.95. The van der Waals surface area contributed by atoms with E-state index in [1.165, 1.54) is 30.0 Å². The molecule has 0 radical (unpaired) electrons. The highest BCUT2D eigenvalue weighted by Crippen LogP contribution is 2.25. The summed E-state index contributed by atoms with van der Waals surface area (Å²) in [6, 6.07) is 13.3. The van der Waals surface area contributed by atoms with Gasteiger partial charge in [-0.3, -0.25) is 4.79 Å². The number of hydrogen-bond acceptors (Lipinski definition) is 7. The van der Waals surface area contributed by atoms with Crippen LogP contribution in [0.15, 0.2) is 53.7 Å². The molecule has 0 saturated heterocycles. The third kappa shape index (κ3) is 3.54. The summed E-state index contributed by atoms with van der Waals surface area (Å²) in [5.41, 5.74) is 0.945. The number of rotatable bonds is 6. The summed E-state index contributed by atoms with van der Waals surface area (Å²) in [5.74, 6) is -0.00963. The number of carbonyl (C=O) groups excluding carboxylic acids is 1. The summed E-state index contributed by atoms with van der Waals surface area (Å²) < 4.78 is 1.60. The SMILES string of the molecule is O=C(CCSc1nnnn1-c1ccccc1)c1cc(O)ccc1O. The monoisotopic (exact) mass is 342 g/mol. The molecule has 0 aliphatic heterocycles. The molecule has 3 aromatic rings. The van der Waals surface area contributed by atoms with Crippen molar-refractivity contribution in [1.29, 1.82) is 0 Å². The zero-order valence-electron chi connectivity index (χ0n) is 12.5. The average Bonchev–Trinajstić information content (AvgIpc) is 3.06. The largest absolute Gasteiger partial charge is 0.508 e. The number of hydrogen-bond donors (Lipinski definition) is 2. The van der Waals surface area contributed by atoms with Crippen molar-refractivity contribution in [2.45, 2.75) is 11.6 Å². The van der Waals surface area contributed by atoms with Crippen molar-refractivity contribution in [3.05, 3.63) is 54.1 Å². The van der Waals surface area contributed by atoms with Crippen molar-refractivity contribution >= 4 is 17.5 Å². The molecule has 0 unspecified atom stereocenters. The zero-order valence-corrected chi connectivity index (χ0v) is 13.3. The van der Waals surface area contributed by atoms with E-state index in [1.807, 2.05) is 30.3 Å². The first kappa shape index (κ1) is 16.0. The first-order chi connectivity index (χ1) is 11.6. The quantitative estimate of drug-likeness (QED) is 0.403. The van der Waals surface area contributed by atoms with Crippen LogP contribution in [0.2, 0.25) is 0 Å². The van der Waals surface area contributed by atoms with E-state index in [0.29, 0.717) is 10.9 Å². The highest BCUT2D eigenvalue weighted by molar-refractivity contribution is 7.99. The van der Waals surface area contributed by atoms with Crippen LogP contribution in [-0.2, 0) is 0 Å². The van der Waals surface area contributed by atoms with Gasteiger partial charge in [0, 0.05) is 12.2 Å². The molecule has 2 N–H and O–H groups in total. The zero-order chi connectivity index (χ0) is 16.9. The van der Waals surface area contributed by atoms with Gasteiger partial charge < -0.3 is 10.2 Å². The van der Waals surface area contributed by atoms with Crippen LogP contribution in [0.4, 0.5) is 0 Å². The molecular formula is C16H14N4O3S. The Bertz CT molecular complexity index is 852. The molecule has 2 aromatic carbocycles. The van der Waals surface area contributed by atoms with Gasteiger partial charge in [0.25, 0.3) is 0 Å². The van der Waals surface area contributed by atoms with Crippen molar-refractivity contribution in [3.8, 4) is 17.2 Å². The van der Waals surface area contributed by atoms with Gasteiger partial charge in [-0.2, -0.15) is 4.68 Å². The van der Waals surface area contributed by atoms with Gasteiger partial charge in [-0.05, 0) is 40.8 Å². The number of nitrogens with zero attached hydrogens (tertiary/aromatic N) is 4. The molecule has 0 amide bonds. The summed E-state index contributed by atoms with van der Waals surface area (Å²) in [4.78, 5) is 12.2. The highest BCUT2D eigenvalue weighted by Gasteiger charge is 2.14. The molecule has 0 saturated carbocycles. The van der Waals surface area contributed by atoms with Gasteiger partial charge in [-0.15, -0.1) is 5.10 Å². The minimum absolute atomic E-state index is 0.0585. The van der Waals surface area contributed by atoms with E-state index < -0.39 is 0 Å². The molecule has 0 fully saturated rings. The lowest BCUT2D eigenvalue weighted by molar-refractivity contribution is 0.0986. The van der Waals surface area contributed by atoms with Gasteiger partial charge in [0.05, 0.1) is 11.3 Å². The summed E-state index contributed by atoms with van der Waals surface area (Å²) in [7, 11) is 0. The Morgan fingerprint density at radius 2 is 1.92 bits per heavy atom. The maximum atomic E-state index is 12.2. The molecule has 0 atom stereocenters. The Balaban J connectivity index is 1.64. The maximum Gasteiger partial charge on any atom is 0.214 e. The van der Waals surface area contributed by atoms with Crippen LogP contribution in [0.3, 0.4) is 0 Å². The number of phenolic OH excluding ortho intramolecular Hbond substituents is 2. The summed E-state index contributed by atoms with van der Waals surface area (Å²) in [6.07, 6.45) is 0.184. The Morgan fingerprint density at radius 3 is 2.71 bits per heavy atom. The first-order valence-corrected chi connectivity index (χ1v) is 8.15. The van der Waals surface area contributed by atoms with Gasteiger partial charge in [-0.1, -0.05) is 30.0 Å². The van der Waals surface area contributed by atoms with Crippen LogP contribution in [-0.4, -0.2) is 42.0 Å². The van der Waals surface area contributed by atoms with E-state index in [0.717, 1.165) is 5.69 Å². The Hall–Kier alpha value is -2.87. The second-order valence-electron chi connectivity index (χ2n) is 4.93. The molecular weight excluding hydrogens is 328 g/mol. The van der Waals surface area contributed by atoms with Gasteiger partial charge >= 0.3 is 0 Å².